The summed E-state index contributed by atoms with van der Waals surface area (Å²) < 4.78 is 11.6. The first kappa shape index (κ1) is 25.5. The van der Waals surface area contributed by atoms with Gasteiger partial charge in [0, 0.05) is 52.3 Å². The molecule has 0 spiro atoms. The molecule has 0 saturated heterocycles. The average molecular weight is 449 g/mol. The highest BCUT2D eigenvalue weighted by atomic mass is 16.5. The molecule has 0 fully saturated rings. The van der Waals surface area contributed by atoms with E-state index in [4.69, 9.17) is 9.47 Å². The van der Waals surface area contributed by atoms with Crippen molar-refractivity contribution < 1.29 is 23.9 Å². The van der Waals surface area contributed by atoms with Gasteiger partial charge in [-0.2, -0.15) is 0 Å². The molecule has 9 nitrogen and oxygen atoms in total. The van der Waals surface area contributed by atoms with Gasteiger partial charge >= 0.3 is 6.03 Å². The van der Waals surface area contributed by atoms with Crippen molar-refractivity contribution in [3.8, 4) is 5.75 Å². The summed E-state index contributed by atoms with van der Waals surface area (Å²) >= 11 is 0. The average Bonchev–Trinajstić information content (AvgIpc) is 2.76. The summed E-state index contributed by atoms with van der Waals surface area (Å²) in [5.41, 5.74) is 0.829. The zero-order chi connectivity index (χ0) is 23.8. The lowest BCUT2D eigenvalue weighted by Crippen LogP contribution is -2.48. The van der Waals surface area contributed by atoms with Crippen molar-refractivity contribution in [3.63, 3.8) is 0 Å². The van der Waals surface area contributed by atoms with Crippen LogP contribution in [0.2, 0.25) is 0 Å². The highest BCUT2D eigenvalue weighted by Crippen LogP contribution is 2.26. The minimum absolute atomic E-state index is 0.00996. The van der Waals surface area contributed by atoms with Gasteiger partial charge in [0.25, 0.3) is 5.91 Å². The zero-order valence-corrected chi connectivity index (χ0v) is 19.9. The molecule has 2 rings (SSSR count). The van der Waals surface area contributed by atoms with Crippen molar-refractivity contribution in [1.82, 2.24) is 15.1 Å². The molecule has 1 aliphatic heterocycles. The van der Waals surface area contributed by atoms with E-state index in [1.807, 2.05) is 20.8 Å². The van der Waals surface area contributed by atoms with Crippen molar-refractivity contribution in [1.29, 1.82) is 0 Å². The summed E-state index contributed by atoms with van der Waals surface area (Å²) in [6.45, 7) is 9.09. The molecule has 2 N–H and O–H groups in total. The molecule has 1 aliphatic rings. The number of ether oxygens (including phenoxy) is 2. The summed E-state index contributed by atoms with van der Waals surface area (Å²) in [5.74, 6) is 0.140. The zero-order valence-electron chi connectivity index (χ0n) is 19.9. The summed E-state index contributed by atoms with van der Waals surface area (Å²) in [6.07, 6.45) is 0.575. The summed E-state index contributed by atoms with van der Waals surface area (Å²) in [6, 6.07) is 4.45. The van der Waals surface area contributed by atoms with E-state index in [1.54, 1.807) is 49.1 Å². The molecule has 1 aromatic rings. The fraction of sp³-hybridized carbons (Fsp3) is 0.609. The van der Waals surface area contributed by atoms with Gasteiger partial charge in [-0.15, -0.1) is 0 Å². The number of carbonyl (C=O) groups is 3. The highest BCUT2D eigenvalue weighted by Gasteiger charge is 2.29. The first-order chi connectivity index (χ1) is 15.2. The predicted octanol–water partition coefficient (Wildman–Crippen LogP) is 2.57. The smallest absolute Gasteiger partial charge is 0.319 e. The number of hydrogen-bond donors (Lipinski definition) is 2. The van der Waals surface area contributed by atoms with Crippen LogP contribution in [-0.4, -0.2) is 80.2 Å². The number of nitrogens with zero attached hydrogens (tertiary/aromatic N) is 2. The molecular formula is C23H36N4O5. The van der Waals surface area contributed by atoms with Gasteiger partial charge < -0.3 is 29.9 Å². The number of methoxy groups -OCH3 is 1. The number of fused-ring (bicyclic) bond motifs is 1. The monoisotopic (exact) mass is 448 g/mol. The van der Waals surface area contributed by atoms with E-state index in [9.17, 15) is 14.4 Å². The van der Waals surface area contributed by atoms with Crippen molar-refractivity contribution >= 4 is 23.5 Å². The van der Waals surface area contributed by atoms with Gasteiger partial charge in [0.15, 0.2) is 0 Å². The van der Waals surface area contributed by atoms with Crippen LogP contribution in [0.4, 0.5) is 10.5 Å². The number of likely N-dealkylation sites (N-methyl/N-ethyl adjacent to an activating group) is 1. The van der Waals surface area contributed by atoms with Crippen LogP contribution in [0, 0.1) is 5.92 Å². The van der Waals surface area contributed by atoms with Gasteiger partial charge in [0.05, 0.1) is 17.7 Å². The van der Waals surface area contributed by atoms with Crippen molar-refractivity contribution in [2.45, 2.75) is 46.3 Å². The molecule has 178 valence electrons. The number of amides is 4. The predicted molar refractivity (Wildman–Crippen MR) is 123 cm³/mol. The third-order valence-electron chi connectivity index (χ3n) is 5.64. The lowest BCUT2D eigenvalue weighted by Gasteiger charge is -2.35. The number of benzene rings is 1. The second-order valence-electron chi connectivity index (χ2n) is 8.36. The molecule has 0 aliphatic carbocycles. The van der Waals surface area contributed by atoms with Gasteiger partial charge in [-0.1, -0.05) is 13.8 Å². The fourth-order valence-electron chi connectivity index (χ4n) is 3.71. The van der Waals surface area contributed by atoms with Crippen molar-refractivity contribution in [3.05, 3.63) is 23.8 Å². The van der Waals surface area contributed by atoms with Gasteiger partial charge in [0.2, 0.25) is 5.91 Å². The van der Waals surface area contributed by atoms with E-state index >= 15 is 0 Å². The van der Waals surface area contributed by atoms with E-state index < -0.39 is 0 Å². The van der Waals surface area contributed by atoms with Gasteiger partial charge in [-0.25, -0.2) is 4.79 Å². The maximum Gasteiger partial charge on any atom is 0.319 e. The van der Waals surface area contributed by atoms with Crippen LogP contribution in [0.1, 0.15) is 44.5 Å². The molecule has 0 bridgehead atoms. The van der Waals surface area contributed by atoms with E-state index in [0.29, 0.717) is 36.6 Å². The third-order valence-corrected chi connectivity index (χ3v) is 5.64. The van der Waals surface area contributed by atoms with E-state index in [2.05, 4.69) is 10.6 Å². The Morgan fingerprint density at radius 1 is 1.25 bits per heavy atom. The molecular weight excluding hydrogens is 412 g/mol. The molecule has 1 heterocycles. The van der Waals surface area contributed by atoms with E-state index in [0.717, 1.165) is 6.42 Å². The normalized spacial score (nSPS) is 22.2. The molecule has 0 aromatic heterocycles. The molecule has 1 aromatic carbocycles. The first-order valence-electron chi connectivity index (χ1n) is 11.0. The largest absolute Gasteiger partial charge is 0.491 e. The number of anilines is 1. The molecule has 4 amide bonds. The number of urea groups is 1. The van der Waals surface area contributed by atoms with Gasteiger partial charge in [0.1, 0.15) is 12.4 Å². The van der Waals surface area contributed by atoms with Crippen LogP contribution in [-0.2, 0) is 9.53 Å². The second-order valence-corrected chi connectivity index (χ2v) is 8.36. The molecule has 0 radical (unpaired) electrons. The SMILES string of the molecule is CCCNC(=O)Nc1ccc2c(c1)C(=O)N(C)C[C@H](OC)[C@H](C)CN(C(C)=O)[C@@H](C)CO2. The molecule has 32 heavy (non-hydrogen) atoms. The Hall–Kier alpha value is -2.81. The maximum atomic E-state index is 13.3. The van der Waals surface area contributed by atoms with Crippen LogP contribution < -0.4 is 15.4 Å². The number of carbonyl (C=O) groups excluding carboxylic acids is 3. The second kappa shape index (κ2) is 11.7. The van der Waals surface area contributed by atoms with Crippen LogP contribution >= 0.6 is 0 Å². The molecule has 3 atom stereocenters. The number of rotatable bonds is 4. The Balaban J connectivity index is 2.38. The van der Waals surface area contributed by atoms with Crippen LogP contribution in [0.25, 0.3) is 0 Å². The fourth-order valence-corrected chi connectivity index (χ4v) is 3.71. The Morgan fingerprint density at radius 3 is 2.59 bits per heavy atom. The van der Waals surface area contributed by atoms with Crippen molar-refractivity contribution in [2.24, 2.45) is 5.92 Å². The lowest BCUT2D eigenvalue weighted by atomic mass is 10.0. The van der Waals surface area contributed by atoms with E-state index in [-0.39, 0.29) is 42.5 Å². The van der Waals surface area contributed by atoms with Crippen LogP contribution in [0.15, 0.2) is 18.2 Å². The Bertz CT molecular complexity index is 816. The summed E-state index contributed by atoms with van der Waals surface area (Å²) in [5, 5.41) is 5.50. The third kappa shape index (κ3) is 6.59. The first-order valence-corrected chi connectivity index (χ1v) is 11.0. The quantitative estimate of drug-likeness (QED) is 0.737. The highest BCUT2D eigenvalue weighted by molar-refractivity contribution is 5.99. The summed E-state index contributed by atoms with van der Waals surface area (Å²) in [4.78, 5) is 41.0. The van der Waals surface area contributed by atoms with Gasteiger partial charge in [-0.05, 0) is 31.5 Å². The number of hydrogen-bond acceptors (Lipinski definition) is 5. The van der Waals surface area contributed by atoms with Crippen LogP contribution in [0.3, 0.4) is 0 Å². The molecule has 9 heteroatoms. The molecule has 0 saturated carbocycles. The maximum absolute atomic E-state index is 13.3. The minimum atomic E-state index is -0.333. The van der Waals surface area contributed by atoms with Crippen LogP contribution in [0.5, 0.6) is 5.75 Å². The number of nitrogens with one attached hydrogen (secondary N) is 2. The lowest BCUT2D eigenvalue weighted by molar-refractivity contribution is -0.133. The summed E-state index contributed by atoms with van der Waals surface area (Å²) in [7, 11) is 3.32. The Morgan fingerprint density at radius 2 is 1.97 bits per heavy atom. The molecule has 0 unspecified atom stereocenters. The Labute approximate surface area is 190 Å². The minimum Gasteiger partial charge on any atom is -0.491 e. The Kier molecular flexibility index (Phi) is 9.31. The van der Waals surface area contributed by atoms with E-state index in [1.165, 1.54) is 0 Å². The van der Waals surface area contributed by atoms with Gasteiger partial charge in [-0.3, -0.25) is 9.59 Å². The van der Waals surface area contributed by atoms with Crippen molar-refractivity contribution in [2.75, 3.05) is 45.7 Å². The topological polar surface area (TPSA) is 100 Å². The standard InChI is InChI=1S/C23H36N4O5/c1-7-10-24-23(30)25-18-8-9-20-19(11-18)22(29)26(5)13-21(31-6)15(2)12-27(17(4)28)16(3)14-32-20/h8-9,11,15-16,21H,7,10,12-14H2,1-6H3,(H2,24,25,30)/t15-,16+,21+/m1/s1.